The minimum absolute atomic E-state index is 0.0363. The van der Waals surface area contributed by atoms with E-state index in [0.29, 0.717) is 36.3 Å². The summed E-state index contributed by atoms with van der Waals surface area (Å²) in [6, 6.07) is 27.0. The second-order valence-electron chi connectivity index (χ2n) is 11.4. The molecule has 0 saturated carbocycles. The summed E-state index contributed by atoms with van der Waals surface area (Å²) >= 11 is 17.6. The van der Waals surface area contributed by atoms with E-state index >= 15 is 0 Å². The highest BCUT2D eigenvalue weighted by atomic mass is 35.5. The number of ketones is 2. The number of anilines is 2. The fraction of sp³-hybridized carbons (Fsp3) is 0.158. The summed E-state index contributed by atoms with van der Waals surface area (Å²) in [6.45, 7) is 0. The molecular formula is C38H31ClN2O4S7. The lowest BCUT2D eigenvalue weighted by Gasteiger charge is -2.22. The molecule has 4 N–H and O–H groups in total. The molecule has 2 aliphatic heterocycles. The van der Waals surface area contributed by atoms with Gasteiger partial charge in [-0.2, -0.15) is 0 Å². The van der Waals surface area contributed by atoms with Gasteiger partial charge < -0.3 is 20.9 Å². The number of thiophene rings is 3. The lowest BCUT2D eigenvalue weighted by Crippen LogP contribution is -2.07. The quantitative estimate of drug-likeness (QED) is 0.144. The van der Waals surface area contributed by atoms with Crippen LogP contribution in [0, 0.1) is 0 Å². The largest absolute Gasteiger partial charge is 0.497 e. The van der Waals surface area contributed by atoms with E-state index in [-0.39, 0.29) is 16.1 Å². The number of thioether (sulfide) groups is 4. The standard InChI is InChI=1S/C20H16ClNO2S3.C18H15NO2S4/c1-24-14-8-4-12(5-9-14)19-25-10-15-16(18(22)26-20(15)27-19)17(23)11-2-6-13(21)7-3-11;1-21-11-6-4-10(5-7-11)17-23-9-12-14(16(19)24-18(12)25-17)15(20)13-3-2-8-22-13/h2-9,19H,10,22H2,1H3;2-8,17H,9,19H2,1H3. The molecule has 0 saturated heterocycles. The van der Waals surface area contributed by atoms with Crippen LogP contribution in [-0.4, -0.2) is 25.8 Å². The molecule has 6 aromatic rings. The summed E-state index contributed by atoms with van der Waals surface area (Å²) in [5.41, 5.74) is 19.0. The van der Waals surface area contributed by atoms with Crippen LogP contribution in [0.15, 0.2) is 98.7 Å². The van der Waals surface area contributed by atoms with Gasteiger partial charge in [0.25, 0.3) is 0 Å². The van der Waals surface area contributed by atoms with E-state index in [1.807, 2.05) is 65.3 Å². The second kappa shape index (κ2) is 16.6. The minimum atomic E-state index is -0.0363. The number of nitrogens with two attached hydrogens (primary N) is 2. The van der Waals surface area contributed by atoms with E-state index in [0.717, 1.165) is 47.4 Å². The predicted molar refractivity (Wildman–Crippen MR) is 226 cm³/mol. The molecule has 0 spiro atoms. The zero-order valence-corrected chi connectivity index (χ0v) is 34.2. The van der Waals surface area contributed by atoms with E-state index < -0.39 is 0 Å². The van der Waals surface area contributed by atoms with Crippen LogP contribution in [0.2, 0.25) is 5.02 Å². The minimum Gasteiger partial charge on any atom is -0.497 e. The van der Waals surface area contributed by atoms with Gasteiger partial charge in [-0.1, -0.05) is 65.5 Å². The second-order valence-corrected chi connectivity index (χ2v) is 20.4. The van der Waals surface area contributed by atoms with Crippen LogP contribution in [0.4, 0.5) is 10.0 Å². The van der Waals surface area contributed by atoms with Gasteiger partial charge >= 0.3 is 0 Å². The Balaban J connectivity index is 0.000000162. The van der Waals surface area contributed by atoms with Crippen LogP contribution in [0.25, 0.3) is 0 Å². The Bertz CT molecular complexity index is 2200. The molecule has 0 amide bonds. The molecule has 0 fully saturated rings. The number of carbonyl (C=O) groups is 2. The Kier molecular flexibility index (Phi) is 11.9. The van der Waals surface area contributed by atoms with Crippen molar-refractivity contribution in [2.24, 2.45) is 0 Å². The molecule has 5 heterocycles. The highest BCUT2D eigenvalue weighted by Crippen LogP contribution is 2.57. The average Bonchev–Trinajstić information content (AvgIpc) is 3.91. The maximum Gasteiger partial charge on any atom is 0.206 e. The van der Waals surface area contributed by atoms with Crippen LogP contribution in [-0.2, 0) is 11.5 Å². The Morgan fingerprint density at radius 3 is 1.60 bits per heavy atom. The summed E-state index contributed by atoms with van der Waals surface area (Å²) in [5.74, 6) is 3.29. The zero-order valence-electron chi connectivity index (χ0n) is 27.8. The summed E-state index contributed by atoms with van der Waals surface area (Å²) in [4.78, 5) is 26.5. The molecule has 266 valence electrons. The third kappa shape index (κ3) is 7.92. The number of ether oxygens (including phenoxy) is 2. The van der Waals surface area contributed by atoms with Crippen LogP contribution >= 0.6 is 92.7 Å². The Morgan fingerprint density at radius 2 is 1.15 bits per heavy atom. The van der Waals surface area contributed by atoms with Crippen molar-refractivity contribution in [1.82, 2.24) is 0 Å². The number of hydrogen-bond acceptors (Lipinski definition) is 13. The van der Waals surface area contributed by atoms with Crippen LogP contribution < -0.4 is 20.9 Å². The number of hydrogen-bond donors (Lipinski definition) is 2. The van der Waals surface area contributed by atoms with Crippen LogP contribution in [0.1, 0.15) is 62.6 Å². The topological polar surface area (TPSA) is 105 Å². The van der Waals surface area contributed by atoms with Gasteiger partial charge in [-0.3, -0.25) is 9.59 Å². The van der Waals surface area contributed by atoms with E-state index in [1.54, 1.807) is 62.0 Å². The molecule has 3 aromatic heterocycles. The SMILES string of the molecule is COc1ccc(C2SCc3c(sc(N)c3C(=O)c3ccc(Cl)cc3)S2)cc1.COc1ccc(C2SCc3c(sc(N)c3C(=O)c3cccs3)S2)cc1. The molecule has 2 unspecified atom stereocenters. The van der Waals surface area contributed by atoms with Gasteiger partial charge in [-0.05, 0) is 82.2 Å². The van der Waals surface area contributed by atoms with Crippen molar-refractivity contribution in [3.63, 3.8) is 0 Å². The van der Waals surface area contributed by atoms with E-state index in [9.17, 15) is 9.59 Å². The maximum absolute atomic E-state index is 13.0. The summed E-state index contributed by atoms with van der Waals surface area (Å²) in [6.07, 6.45) is 0. The predicted octanol–water partition coefficient (Wildman–Crippen LogP) is 11.9. The fourth-order valence-electron chi connectivity index (χ4n) is 5.58. The maximum atomic E-state index is 13.0. The summed E-state index contributed by atoms with van der Waals surface area (Å²) in [5, 5.41) is 3.75. The van der Waals surface area contributed by atoms with Crippen molar-refractivity contribution in [3.8, 4) is 11.5 Å². The molecule has 2 aliphatic rings. The highest BCUT2D eigenvalue weighted by Gasteiger charge is 2.32. The monoisotopic (exact) mass is 838 g/mol. The number of rotatable bonds is 8. The molecule has 3 aromatic carbocycles. The molecule has 0 bridgehead atoms. The lowest BCUT2D eigenvalue weighted by molar-refractivity contribution is 0.103. The first-order valence-corrected chi connectivity index (χ1v) is 22.5. The first-order chi connectivity index (χ1) is 25.2. The highest BCUT2D eigenvalue weighted by molar-refractivity contribution is 8.17. The summed E-state index contributed by atoms with van der Waals surface area (Å²) in [7, 11) is 3.34. The first-order valence-electron chi connectivity index (χ1n) is 15.8. The van der Waals surface area contributed by atoms with E-state index in [2.05, 4.69) is 24.3 Å². The lowest BCUT2D eigenvalue weighted by atomic mass is 10.0. The molecular weight excluding hydrogens is 808 g/mol. The van der Waals surface area contributed by atoms with Crippen molar-refractivity contribution in [2.45, 2.75) is 29.1 Å². The van der Waals surface area contributed by atoms with Gasteiger partial charge in [0.1, 0.15) is 11.5 Å². The third-order valence-corrected chi connectivity index (χ3v) is 17.5. The number of methoxy groups -OCH3 is 2. The van der Waals surface area contributed by atoms with Crippen molar-refractivity contribution in [3.05, 3.63) is 139 Å². The number of carbonyl (C=O) groups excluding carboxylic acids is 2. The van der Waals surface area contributed by atoms with Gasteiger partial charge in [0.2, 0.25) is 5.78 Å². The number of benzene rings is 3. The van der Waals surface area contributed by atoms with Gasteiger partial charge in [0, 0.05) is 22.1 Å². The molecule has 0 aliphatic carbocycles. The molecule has 14 heteroatoms. The summed E-state index contributed by atoms with van der Waals surface area (Å²) < 4.78 is 13.3. The number of fused-ring (bicyclic) bond motifs is 2. The molecule has 52 heavy (non-hydrogen) atoms. The fourth-order valence-corrected chi connectivity index (χ4v) is 15.3. The molecule has 8 rings (SSSR count). The zero-order chi connectivity index (χ0) is 36.4. The van der Waals surface area contributed by atoms with Gasteiger partial charge in [0.15, 0.2) is 5.78 Å². The Hall–Kier alpha value is -3.01. The molecule has 6 nitrogen and oxygen atoms in total. The normalized spacial score (nSPS) is 16.2. The van der Waals surface area contributed by atoms with Crippen molar-refractivity contribution in [1.29, 1.82) is 0 Å². The number of halogens is 1. The first kappa shape index (κ1) is 37.3. The molecule has 0 radical (unpaired) electrons. The van der Waals surface area contributed by atoms with Gasteiger partial charge in [0.05, 0.1) is 57.8 Å². The average molecular weight is 840 g/mol. The van der Waals surface area contributed by atoms with Crippen molar-refractivity contribution >= 4 is 114 Å². The van der Waals surface area contributed by atoms with Gasteiger partial charge in [-0.15, -0.1) is 57.5 Å². The van der Waals surface area contributed by atoms with Crippen LogP contribution in [0.3, 0.4) is 0 Å². The van der Waals surface area contributed by atoms with E-state index in [4.69, 9.17) is 32.5 Å². The van der Waals surface area contributed by atoms with Crippen LogP contribution in [0.5, 0.6) is 11.5 Å². The molecule has 2 atom stereocenters. The number of nitrogen functional groups attached to an aromatic ring is 2. The Labute approximate surface area is 336 Å². The van der Waals surface area contributed by atoms with Gasteiger partial charge in [-0.25, -0.2) is 0 Å². The smallest absolute Gasteiger partial charge is 0.206 e. The van der Waals surface area contributed by atoms with E-state index in [1.165, 1.54) is 45.1 Å². The third-order valence-electron chi connectivity index (χ3n) is 8.26. The Morgan fingerprint density at radius 1 is 0.673 bits per heavy atom. The van der Waals surface area contributed by atoms with Crippen molar-refractivity contribution < 1.29 is 19.1 Å². The van der Waals surface area contributed by atoms with Crippen molar-refractivity contribution in [2.75, 3.05) is 25.7 Å².